The second-order valence-electron chi connectivity index (χ2n) is 5.04. The molecule has 0 radical (unpaired) electrons. The summed E-state index contributed by atoms with van der Waals surface area (Å²) in [5.74, 6) is 1.29. The van der Waals surface area contributed by atoms with Crippen LogP contribution in [0.4, 0.5) is 0 Å². The van der Waals surface area contributed by atoms with Gasteiger partial charge in [-0.3, -0.25) is 4.79 Å². The molecular weight excluding hydrogens is 252 g/mol. The molecule has 1 aromatic rings. The number of amides is 1. The molecule has 0 aliphatic heterocycles. The predicted octanol–water partition coefficient (Wildman–Crippen LogP) is 2.42. The molecule has 1 rings (SSSR count). The van der Waals surface area contributed by atoms with E-state index in [0.29, 0.717) is 26.1 Å². The minimum absolute atomic E-state index is 0.149. The van der Waals surface area contributed by atoms with Gasteiger partial charge in [-0.25, -0.2) is 0 Å². The Morgan fingerprint density at radius 2 is 1.95 bits per heavy atom. The van der Waals surface area contributed by atoms with Crippen molar-refractivity contribution in [3.05, 3.63) is 29.8 Å². The molecule has 0 fully saturated rings. The molecule has 2 N–H and O–H groups in total. The maximum absolute atomic E-state index is 12.1. The Bertz CT molecular complexity index is 399. The standard InChI is InChI=1S/C16H26N2O2/c1-4-13(11-17)10-16(19)18(3)12-14-6-8-15(9-7-14)20-5-2/h6-9,13H,4-5,10-12,17H2,1-3H3. The Morgan fingerprint density at radius 3 is 2.45 bits per heavy atom. The predicted molar refractivity (Wildman–Crippen MR) is 81.5 cm³/mol. The first-order valence-electron chi connectivity index (χ1n) is 7.26. The fourth-order valence-electron chi connectivity index (χ4n) is 2.02. The monoisotopic (exact) mass is 278 g/mol. The van der Waals surface area contributed by atoms with E-state index < -0.39 is 0 Å². The van der Waals surface area contributed by atoms with Crippen LogP contribution in [-0.2, 0) is 11.3 Å². The van der Waals surface area contributed by atoms with Crippen LogP contribution >= 0.6 is 0 Å². The molecular formula is C16H26N2O2. The maximum atomic E-state index is 12.1. The highest BCUT2D eigenvalue weighted by Crippen LogP contribution is 2.14. The van der Waals surface area contributed by atoms with E-state index >= 15 is 0 Å². The van der Waals surface area contributed by atoms with Gasteiger partial charge in [-0.2, -0.15) is 0 Å². The quantitative estimate of drug-likeness (QED) is 0.794. The van der Waals surface area contributed by atoms with Gasteiger partial charge in [-0.05, 0) is 37.1 Å². The largest absolute Gasteiger partial charge is 0.494 e. The number of nitrogens with zero attached hydrogens (tertiary/aromatic N) is 1. The molecule has 1 aromatic carbocycles. The molecule has 0 saturated carbocycles. The van der Waals surface area contributed by atoms with Crippen molar-refractivity contribution in [1.29, 1.82) is 0 Å². The number of hydrogen-bond acceptors (Lipinski definition) is 3. The molecule has 4 nitrogen and oxygen atoms in total. The van der Waals surface area contributed by atoms with Gasteiger partial charge in [0.2, 0.25) is 5.91 Å². The number of ether oxygens (including phenoxy) is 1. The third-order valence-corrected chi connectivity index (χ3v) is 3.45. The van der Waals surface area contributed by atoms with E-state index in [9.17, 15) is 4.79 Å². The lowest BCUT2D eigenvalue weighted by molar-refractivity contribution is -0.131. The summed E-state index contributed by atoms with van der Waals surface area (Å²) in [6.45, 7) is 5.87. The van der Waals surface area contributed by atoms with Gasteiger partial charge in [0.15, 0.2) is 0 Å². The van der Waals surface area contributed by atoms with Gasteiger partial charge in [0.1, 0.15) is 5.75 Å². The number of carbonyl (C=O) groups excluding carboxylic acids is 1. The lowest BCUT2D eigenvalue weighted by atomic mass is 10.0. The van der Waals surface area contributed by atoms with Crippen molar-refractivity contribution in [1.82, 2.24) is 4.90 Å². The fraction of sp³-hybridized carbons (Fsp3) is 0.562. The second kappa shape index (κ2) is 8.59. The zero-order chi connectivity index (χ0) is 15.0. The highest BCUT2D eigenvalue weighted by atomic mass is 16.5. The second-order valence-corrected chi connectivity index (χ2v) is 5.04. The summed E-state index contributed by atoms with van der Waals surface area (Å²) in [4.78, 5) is 13.8. The highest BCUT2D eigenvalue weighted by Gasteiger charge is 2.14. The maximum Gasteiger partial charge on any atom is 0.222 e. The minimum atomic E-state index is 0.149. The van der Waals surface area contributed by atoms with Gasteiger partial charge in [-0.1, -0.05) is 25.5 Å². The summed E-state index contributed by atoms with van der Waals surface area (Å²) in [5.41, 5.74) is 6.75. The lowest BCUT2D eigenvalue weighted by Gasteiger charge is -2.20. The zero-order valence-corrected chi connectivity index (χ0v) is 12.8. The van der Waals surface area contributed by atoms with Gasteiger partial charge in [0.25, 0.3) is 0 Å². The van der Waals surface area contributed by atoms with Crippen LogP contribution in [0, 0.1) is 5.92 Å². The Hall–Kier alpha value is -1.55. The van der Waals surface area contributed by atoms with Crippen molar-refractivity contribution >= 4 is 5.91 Å². The van der Waals surface area contributed by atoms with E-state index in [0.717, 1.165) is 17.7 Å². The number of carbonyl (C=O) groups is 1. The van der Waals surface area contributed by atoms with Gasteiger partial charge >= 0.3 is 0 Å². The molecule has 1 unspecified atom stereocenters. The van der Waals surface area contributed by atoms with Gasteiger partial charge in [0, 0.05) is 20.0 Å². The molecule has 1 amide bonds. The first-order valence-corrected chi connectivity index (χ1v) is 7.26. The van der Waals surface area contributed by atoms with Crippen molar-refractivity contribution in [3.63, 3.8) is 0 Å². The molecule has 0 spiro atoms. The number of hydrogen-bond donors (Lipinski definition) is 1. The number of benzene rings is 1. The van der Waals surface area contributed by atoms with Crippen molar-refractivity contribution in [2.24, 2.45) is 11.7 Å². The highest BCUT2D eigenvalue weighted by molar-refractivity contribution is 5.76. The van der Waals surface area contributed by atoms with E-state index in [4.69, 9.17) is 10.5 Å². The zero-order valence-electron chi connectivity index (χ0n) is 12.8. The Morgan fingerprint density at radius 1 is 1.30 bits per heavy atom. The molecule has 0 aliphatic rings. The first-order chi connectivity index (χ1) is 9.60. The summed E-state index contributed by atoms with van der Waals surface area (Å²) in [6.07, 6.45) is 1.47. The molecule has 20 heavy (non-hydrogen) atoms. The van der Waals surface area contributed by atoms with Crippen molar-refractivity contribution in [2.45, 2.75) is 33.2 Å². The van der Waals surface area contributed by atoms with Crippen LogP contribution in [0.2, 0.25) is 0 Å². The first kappa shape index (κ1) is 16.5. The summed E-state index contributed by atoms with van der Waals surface area (Å²) in [7, 11) is 1.84. The van der Waals surface area contributed by atoms with Crippen molar-refractivity contribution in [2.75, 3.05) is 20.2 Å². The number of rotatable bonds is 8. The average molecular weight is 278 g/mol. The van der Waals surface area contributed by atoms with E-state index in [1.807, 2.05) is 38.2 Å². The van der Waals surface area contributed by atoms with Crippen LogP contribution in [0.25, 0.3) is 0 Å². The van der Waals surface area contributed by atoms with E-state index in [1.165, 1.54) is 0 Å². The minimum Gasteiger partial charge on any atom is -0.494 e. The van der Waals surface area contributed by atoms with E-state index in [1.54, 1.807) is 4.90 Å². The van der Waals surface area contributed by atoms with Crippen molar-refractivity contribution in [3.8, 4) is 5.75 Å². The molecule has 0 aliphatic carbocycles. The topological polar surface area (TPSA) is 55.6 Å². The van der Waals surface area contributed by atoms with Crippen LogP contribution in [0.3, 0.4) is 0 Å². The normalized spacial score (nSPS) is 12.0. The van der Waals surface area contributed by atoms with E-state index in [2.05, 4.69) is 6.92 Å². The fourth-order valence-corrected chi connectivity index (χ4v) is 2.02. The third-order valence-electron chi connectivity index (χ3n) is 3.45. The van der Waals surface area contributed by atoms with Crippen molar-refractivity contribution < 1.29 is 9.53 Å². The molecule has 112 valence electrons. The Kier molecular flexibility index (Phi) is 7.09. The molecule has 1 atom stereocenters. The molecule has 0 saturated heterocycles. The SMILES string of the molecule is CCOc1ccc(CN(C)C(=O)CC(CC)CN)cc1. The van der Waals surface area contributed by atoms with E-state index in [-0.39, 0.29) is 11.8 Å². The third kappa shape index (κ3) is 5.21. The summed E-state index contributed by atoms with van der Waals surface area (Å²) in [6, 6.07) is 7.86. The van der Waals surface area contributed by atoms with Crippen LogP contribution < -0.4 is 10.5 Å². The smallest absolute Gasteiger partial charge is 0.222 e. The average Bonchev–Trinajstić information content (AvgIpc) is 2.46. The van der Waals surface area contributed by atoms with Gasteiger partial charge in [0.05, 0.1) is 6.61 Å². The summed E-state index contributed by atoms with van der Waals surface area (Å²) in [5, 5.41) is 0. The van der Waals surface area contributed by atoms with Crippen LogP contribution in [-0.4, -0.2) is 31.0 Å². The van der Waals surface area contributed by atoms with Crippen LogP contribution in [0.1, 0.15) is 32.3 Å². The van der Waals surface area contributed by atoms with Gasteiger partial charge in [-0.15, -0.1) is 0 Å². The molecule has 0 heterocycles. The molecule has 4 heteroatoms. The Balaban J connectivity index is 2.52. The summed E-state index contributed by atoms with van der Waals surface area (Å²) >= 11 is 0. The number of nitrogens with two attached hydrogens (primary N) is 1. The summed E-state index contributed by atoms with van der Waals surface area (Å²) < 4.78 is 5.40. The molecule has 0 bridgehead atoms. The van der Waals surface area contributed by atoms with Gasteiger partial charge < -0.3 is 15.4 Å². The Labute approximate surface area is 121 Å². The van der Waals surface area contributed by atoms with Crippen LogP contribution in [0.15, 0.2) is 24.3 Å². The lowest BCUT2D eigenvalue weighted by Crippen LogP contribution is -2.29. The van der Waals surface area contributed by atoms with Crippen LogP contribution in [0.5, 0.6) is 5.75 Å². The molecule has 0 aromatic heterocycles.